The SMILES string of the molecule is Cc1nn(-c2ccccc2)c(C)c1CC(=O)O[C@@H](C)C(N)=O. The van der Waals surface area contributed by atoms with E-state index in [0.717, 1.165) is 22.6 Å². The van der Waals surface area contributed by atoms with E-state index in [-0.39, 0.29) is 6.42 Å². The lowest BCUT2D eigenvalue weighted by Crippen LogP contribution is -2.31. The van der Waals surface area contributed by atoms with Crippen LogP contribution in [0.25, 0.3) is 5.69 Å². The molecule has 0 aliphatic carbocycles. The van der Waals surface area contributed by atoms with E-state index in [1.54, 1.807) is 4.68 Å². The standard InChI is InChI=1S/C16H19N3O3/c1-10-14(9-15(20)22-12(3)16(17)21)11(2)19(18-10)13-7-5-4-6-8-13/h4-8,12H,9H2,1-3H3,(H2,17,21)/t12-/m0/s1. The van der Waals surface area contributed by atoms with Crippen LogP contribution in [0.1, 0.15) is 23.9 Å². The third kappa shape index (κ3) is 3.33. The molecular weight excluding hydrogens is 282 g/mol. The number of carbonyl (C=O) groups excluding carboxylic acids is 2. The molecule has 6 nitrogen and oxygen atoms in total. The average Bonchev–Trinajstić information content (AvgIpc) is 2.76. The largest absolute Gasteiger partial charge is 0.452 e. The molecule has 22 heavy (non-hydrogen) atoms. The first-order valence-corrected chi connectivity index (χ1v) is 6.99. The number of carbonyl (C=O) groups is 2. The Morgan fingerprint density at radius 3 is 2.50 bits per heavy atom. The van der Waals surface area contributed by atoms with Crippen LogP contribution in [0.4, 0.5) is 0 Å². The van der Waals surface area contributed by atoms with Gasteiger partial charge in [-0.15, -0.1) is 0 Å². The van der Waals surface area contributed by atoms with Crippen molar-refractivity contribution in [3.63, 3.8) is 0 Å². The summed E-state index contributed by atoms with van der Waals surface area (Å²) in [6.07, 6.45) is -0.875. The summed E-state index contributed by atoms with van der Waals surface area (Å²) in [5.74, 6) is -1.16. The molecule has 0 saturated heterocycles. The molecule has 1 atom stereocenters. The zero-order chi connectivity index (χ0) is 16.3. The van der Waals surface area contributed by atoms with E-state index < -0.39 is 18.0 Å². The van der Waals surface area contributed by atoms with Gasteiger partial charge < -0.3 is 10.5 Å². The molecule has 2 rings (SSSR count). The highest BCUT2D eigenvalue weighted by Crippen LogP contribution is 2.18. The molecule has 1 heterocycles. The summed E-state index contributed by atoms with van der Waals surface area (Å²) < 4.78 is 6.78. The van der Waals surface area contributed by atoms with E-state index in [9.17, 15) is 9.59 Å². The maximum absolute atomic E-state index is 11.9. The fourth-order valence-corrected chi connectivity index (χ4v) is 2.19. The number of amides is 1. The van der Waals surface area contributed by atoms with Crippen molar-refractivity contribution in [3.8, 4) is 5.69 Å². The first kappa shape index (κ1) is 15.8. The third-order valence-corrected chi connectivity index (χ3v) is 3.47. The van der Waals surface area contributed by atoms with E-state index in [4.69, 9.17) is 10.5 Å². The van der Waals surface area contributed by atoms with Gasteiger partial charge in [-0.05, 0) is 32.9 Å². The smallest absolute Gasteiger partial charge is 0.311 e. The van der Waals surface area contributed by atoms with Crippen molar-refractivity contribution >= 4 is 11.9 Å². The molecule has 2 N–H and O–H groups in total. The van der Waals surface area contributed by atoms with Crippen LogP contribution in [0.3, 0.4) is 0 Å². The molecule has 0 spiro atoms. The van der Waals surface area contributed by atoms with Crippen molar-refractivity contribution in [2.75, 3.05) is 0 Å². The minimum atomic E-state index is -0.933. The van der Waals surface area contributed by atoms with Crippen LogP contribution in [0, 0.1) is 13.8 Å². The Kier molecular flexibility index (Phi) is 4.60. The lowest BCUT2D eigenvalue weighted by atomic mass is 10.1. The summed E-state index contributed by atoms with van der Waals surface area (Å²) in [7, 11) is 0. The summed E-state index contributed by atoms with van der Waals surface area (Å²) in [6.45, 7) is 5.19. The van der Waals surface area contributed by atoms with Gasteiger partial charge in [-0.2, -0.15) is 5.10 Å². The van der Waals surface area contributed by atoms with Crippen molar-refractivity contribution < 1.29 is 14.3 Å². The second kappa shape index (κ2) is 6.43. The molecule has 6 heteroatoms. The Labute approximate surface area is 128 Å². The Morgan fingerprint density at radius 2 is 1.91 bits per heavy atom. The molecule has 2 aromatic rings. The van der Waals surface area contributed by atoms with E-state index in [2.05, 4.69) is 5.10 Å². The Bertz CT molecular complexity index is 692. The van der Waals surface area contributed by atoms with E-state index in [1.807, 2.05) is 44.2 Å². The van der Waals surface area contributed by atoms with E-state index in [1.165, 1.54) is 6.92 Å². The highest BCUT2D eigenvalue weighted by Gasteiger charge is 2.19. The summed E-state index contributed by atoms with van der Waals surface area (Å²) in [6, 6.07) is 9.66. The quantitative estimate of drug-likeness (QED) is 0.847. The average molecular weight is 301 g/mol. The van der Waals surface area contributed by atoms with E-state index >= 15 is 0 Å². The lowest BCUT2D eigenvalue weighted by molar-refractivity contribution is -0.153. The third-order valence-electron chi connectivity index (χ3n) is 3.47. The Morgan fingerprint density at radius 1 is 1.27 bits per heavy atom. The molecule has 0 unspecified atom stereocenters. The topological polar surface area (TPSA) is 87.2 Å². The number of benzene rings is 1. The minimum absolute atomic E-state index is 0.0577. The number of esters is 1. The number of hydrogen-bond donors (Lipinski definition) is 1. The van der Waals surface area contributed by atoms with Crippen molar-refractivity contribution in [1.82, 2.24) is 9.78 Å². The molecule has 0 bridgehead atoms. The molecular formula is C16H19N3O3. The second-order valence-electron chi connectivity index (χ2n) is 5.11. The van der Waals surface area contributed by atoms with Crippen LogP contribution in [0.5, 0.6) is 0 Å². The highest BCUT2D eigenvalue weighted by atomic mass is 16.5. The van der Waals surface area contributed by atoms with Gasteiger partial charge in [0.25, 0.3) is 5.91 Å². The molecule has 1 aromatic heterocycles. The summed E-state index contributed by atoms with van der Waals surface area (Å²) in [5, 5.41) is 4.46. The zero-order valence-electron chi connectivity index (χ0n) is 12.9. The summed E-state index contributed by atoms with van der Waals surface area (Å²) in [4.78, 5) is 22.8. The van der Waals surface area contributed by atoms with Crippen LogP contribution >= 0.6 is 0 Å². The van der Waals surface area contributed by atoms with Crippen molar-refractivity contribution in [2.24, 2.45) is 5.73 Å². The predicted molar refractivity (Wildman–Crippen MR) is 81.5 cm³/mol. The van der Waals surface area contributed by atoms with Gasteiger partial charge in [0.1, 0.15) is 0 Å². The molecule has 0 fully saturated rings. The number of para-hydroxylation sites is 1. The molecule has 0 aliphatic heterocycles. The first-order valence-electron chi connectivity index (χ1n) is 6.99. The van der Waals surface area contributed by atoms with Crippen molar-refractivity contribution in [1.29, 1.82) is 0 Å². The number of nitrogens with zero attached hydrogens (tertiary/aromatic N) is 2. The maximum atomic E-state index is 11.9. The van der Waals surface area contributed by atoms with Gasteiger partial charge in [0, 0.05) is 11.3 Å². The van der Waals surface area contributed by atoms with E-state index in [0.29, 0.717) is 0 Å². The molecule has 116 valence electrons. The van der Waals surface area contributed by atoms with Crippen LogP contribution in [0.15, 0.2) is 30.3 Å². The molecule has 0 saturated carbocycles. The minimum Gasteiger partial charge on any atom is -0.452 e. The normalized spacial score (nSPS) is 12.0. The van der Waals surface area contributed by atoms with Gasteiger partial charge in [-0.1, -0.05) is 18.2 Å². The first-order chi connectivity index (χ1) is 10.4. The number of ether oxygens (including phenoxy) is 1. The number of hydrogen-bond acceptors (Lipinski definition) is 4. The maximum Gasteiger partial charge on any atom is 0.311 e. The molecule has 0 radical (unpaired) electrons. The molecule has 1 aromatic carbocycles. The highest BCUT2D eigenvalue weighted by molar-refractivity contribution is 5.82. The van der Waals surface area contributed by atoms with Gasteiger partial charge in [-0.25, -0.2) is 4.68 Å². The van der Waals surface area contributed by atoms with Crippen LogP contribution in [-0.2, 0) is 20.7 Å². The molecule has 1 amide bonds. The van der Waals surface area contributed by atoms with Gasteiger partial charge >= 0.3 is 5.97 Å². The van der Waals surface area contributed by atoms with Crippen LogP contribution in [0.2, 0.25) is 0 Å². The Hall–Kier alpha value is -2.63. The summed E-state index contributed by atoms with van der Waals surface area (Å²) >= 11 is 0. The number of aromatic nitrogens is 2. The summed E-state index contributed by atoms with van der Waals surface area (Å²) in [5.41, 5.74) is 8.43. The lowest BCUT2D eigenvalue weighted by Gasteiger charge is -2.10. The van der Waals surface area contributed by atoms with Gasteiger partial charge in [0.2, 0.25) is 0 Å². The predicted octanol–water partition coefficient (Wildman–Crippen LogP) is 1.45. The number of nitrogens with two attached hydrogens (primary N) is 1. The van der Waals surface area contributed by atoms with Gasteiger partial charge in [0.05, 0.1) is 17.8 Å². The fourth-order valence-electron chi connectivity index (χ4n) is 2.19. The van der Waals surface area contributed by atoms with Gasteiger partial charge in [-0.3, -0.25) is 9.59 Å². The number of primary amides is 1. The second-order valence-corrected chi connectivity index (χ2v) is 5.11. The molecule has 0 aliphatic rings. The Balaban J connectivity index is 2.21. The monoisotopic (exact) mass is 301 g/mol. The van der Waals surface area contributed by atoms with Crippen molar-refractivity contribution in [3.05, 3.63) is 47.3 Å². The van der Waals surface area contributed by atoms with Crippen LogP contribution < -0.4 is 5.73 Å². The van der Waals surface area contributed by atoms with Crippen molar-refractivity contribution in [2.45, 2.75) is 33.3 Å². The van der Waals surface area contributed by atoms with Gasteiger partial charge in [0.15, 0.2) is 6.10 Å². The van der Waals surface area contributed by atoms with Crippen LogP contribution in [-0.4, -0.2) is 27.8 Å². The number of rotatable bonds is 5. The fraction of sp³-hybridized carbons (Fsp3) is 0.312. The zero-order valence-corrected chi connectivity index (χ0v) is 12.9. The number of aryl methyl sites for hydroxylation is 1.